The molecule has 2 N–H and O–H groups in total. The third-order valence-electron chi connectivity index (χ3n) is 3.84. The minimum absolute atomic E-state index is 0.150. The summed E-state index contributed by atoms with van der Waals surface area (Å²) < 4.78 is 33.5. The Morgan fingerprint density at radius 2 is 2.00 bits per heavy atom. The molecule has 7 heteroatoms. The van der Waals surface area contributed by atoms with Gasteiger partial charge in [0.05, 0.1) is 0 Å². The van der Waals surface area contributed by atoms with E-state index < -0.39 is 10.2 Å². The maximum absolute atomic E-state index is 12.1. The van der Waals surface area contributed by atoms with Crippen molar-refractivity contribution in [3.63, 3.8) is 0 Å². The minimum Gasteiger partial charge on any atom is -0.385 e. The topological polar surface area (TPSA) is 70.7 Å². The van der Waals surface area contributed by atoms with Crippen molar-refractivity contribution >= 4 is 10.2 Å². The molecule has 1 aliphatic heterocycles. The van der Waals surface area contributed by atoms with Crippen LogP contribution in [0.1, 0.15) is 19.3 Å². The summed E-state index contributed by atoms with van der Waals surface area (Å²) in [6.45, 7) is 3.82. The molecule has 0 atom stereocenters. The summed E-state index contributed by atoms with van der Waals surface area (Å²) >= 11 is 0. The van der Waals surface area contributed by atoms with Crippen LogP contribution < -0.4 is 10.0 Å². The van der Waals surface area contributed by atoms with Crippen LogP contribution in [0.25, 0.3) is 0 Å². The number of piperazine rings is 1. The summed E-state index contributed by atoms with van der Waals surface area (Å²) in [5.41, 5.74) is 0.150. The molecule has 1 saturated carbocycles. The molecule has 2 fully saturated rings. The Bertz CT molecular complexity index is 362. The normalized spacial score (nSPS) is 24.1. The van der Waals surface area contributed by atoms with E-state index in [0.717, 1.165) is 32.4 Å². The Balaban J connectivity index is 1.81. The van der Waals surface area contributed by atoms with Crippen LogP contribution >= 0.6 is 0 Å². The minimum atomic E-state index is -3.30. The first-order valence-electron chi connectivity index (χ1n) is 6.52. The van der Waals surface area contributed by atoms with Crippen LogP contribution in [-0.4, -0.2) is 59.2 Å². The van der Waals surface area contributed by atoms with Crippen molar-refractivity contribution in [1.29, 1.82) is 0 Å². The highest BCUT2D eigenvalue weighted by Gasteiger charge is 2.43. The van der Waals surface area contributed by atoms with Gasteiger partial charge < -0.3 is 10.1 Å². The number of methoxy groups -OCH3 is 1. The average molecular weight is 277 g/mol. The maximum Gasteiger partial charge on any atom is 0.279 e. The number of nitrogens with one attached hydrogen (secondary N) is 2. The summed E-state index contributed by atoms with van der Waals surface area (Å²) in [5, 5.41) is 3.15. The van der Waals surface area contributed by atoms with Crippen LogP contribution in [0.4, 0.5) is 0 Å². The number of ether oxygens (including phenoxy) is 1. The van der Waals surface area contributed by atoms with Crippen LogP contribution in [0.15, 0.2) is 0 Å². The lowest BCUT2D eigenvalue weighted by molar-refractivity contribution is 0.172. The zero-order valence-electron chi connectivity index (χ0n) is 10.9. The number of hydrogen-bond donors (Lipinski definition) is 2. The first-order valence-corrected chi connectivity index (χ1v) is 7.96. The predicted molar refractivity (Wildman–Crippen MR) is 69.5 cm³/mol. The van der Waals surface area contributed by atoms with E-state index in [1.165, 1.54) is 4.31 Å². The first kappa shape index (κ1) is 14.2. The zero-order chi connectivity index (χ0) is 13.1. The molecule has 1 aliphatic carbocycles. The average Bonchev–Trinajstić information content (AvgIpc) is 3.16. The summed E-state index contributed by atoms with van der Waals surface area (Å²) in [6, 6.07) is 0. The summed E-state index contributed by atoms with van der Waals surface area (Å²) in [4.78, 5) is 0. The molecule has 0 spiro atoms. The molecule has 0 amide bonds. The van der Waals surface area contributed by atoms with Crippen LogP contribution in [0.5, 0.6) is 0 Å². The molecule has 1 saturated heterocycles. The van der Waals surface area contributed by atoms with E-state index in [0.29, 0.717) is 26.2 Å². The Hall–Kier alpha value is -0.210. The molecule has 0 aromatic heterocycles. The van der Waals surface area contributed by atoms with Gasteiger partial charge in [0, 0.05) is 46.4 Å². The molecule has 0 radical (unpaired) electrons. The summed E-state index contributed by atoms with van der Waals surface area (Å²) in [6.07, 6.45) is 3.13. The standard InChI is InChI=1S/C11H23N3O3S/c1-17-9-4-11(2-3-11)10-13-18(15,16)14-7-5-12-6-8-14/h12-13H,2-10H2,1H3. The largest absolute Gasteiger partial charge is 0.385 e. The SMILES string of the molecule is COCCC1(CNS(=O)(=O)N2CCNCC2)CC1. The molecular weight excluding hydrogens is 254 g/mol. The third kappa shape index (κ3) is 3.64. The van der Waals surface area contributed by atoms with Gasteiger partial charge in [-0.15, -0.1) is 0 Å². The number of nitrogens with zero attached hydrogens (tertiary/aromatic N) is 1. The third-order valence-corrected chi connectivity index (χ3v) is 5.39. The molecule has 2 aliphatic rings. The molecular formula is C11H23N3O3S. The molecule has 0 aromatic carbocycles. The molecule has 0 unspecified atom stereocenters. The van der Waals surface area contributed by atoms with Crippen molar-refractivity contribution < 1.29 is 13.2 Å². The Morgan fingerprint density at radius 3 is 2.56 bits per heavy atom. The molecule has 106 valence electrons. The maximum atomic E-state index is 12.1. The van der Waals surface area contributed by atoms with Gasteiger partial charge in [0.1, 0.15) is 0 Å². The highest BCUT2D eigenvalue weighted by Crippen LogP contribution is 2.48. The molecule has 0 bridgehead atoms. The van der Waals surface area contributed by atoms with Gasteiger partial charge in [0.15, 0.2) is 0 Å². The molecule has 18 heavy (non-hydrogen) atoms. The Morgan fingerprint density at radius 1 is 1.33 bits per heavy atom. The fourth-order valence-corrected chi connectivity index (χ4v) is 3.57. The fraction of sp³-hybridized carbons (Fsp3) is 1.00. The van der Waals surface area contributed by atoms with E-state index in [9.17, 15) is 8.42 Å². The number of hydrogen-bond acceptors (Lipinski definition) is 4. The van der Waals surface area contributed by atoms with Crippen LogP contribution in [0, 0.1) is 5.41 Å². The van der Waals surface area contributed by atoms with Crippen LogP contribution in [-0.2, 0) is 14.9 Å². The van der Waals surface area contributed by atoms with Gasteiger partial charge in [-0.25, -0.2) is 4.72 Å². The van der Waals surface area contributed by atoms with E-state index in [2.05, 4.69) is 10.0 Å². The van der Waals surface area contributed by atoms with Crippen LogP contribution in [0.3, 0.4) is 0 Å². The predicted octanol–water partition coefficient (Wildman–Crippen LogP) is -0.457. The summed E-state index contributed by atoms with van der Waals surface area (Å²) in [7, 11) is -1.62. The zero-order valence-corrected chi connectivity index (χ0v) is 11.8. The smallest absolute Gasteiger partial charge is 0.279 e. The highest BCUT2D eigenvalue weighted by atomic mass is 32.2. The second-order valence-electron chi connectivity index (χ2n) is 5.22. The number of rotatable bonds is 7. The van der Waals surface area contributed by atoms with Crippen LogP contribution in [0.2, 0.25) is 0 Å². The molecule has 0 aromatic rings. The quantitative estimate of drug-likeness (QED) is 0.661. The van der Waals surface area contributed by atoms with Gasteiger partial charge in [-0.1, -0.05) is 0 Å². The molecule has 1 heterocycles. The molecule has 2 rings (SSSR count). The van der Waals surface area contributed by atoms with E-state index in [-0.39, 0.29) is 5.41 Å². The van der Waals surface area contributed by atoms with E-state index in [1.807, 2.05) is 0 Å². The van der Waals surface area contributed by atoms with Crippen molar-refractivity contribution in [2.75, 3.05) is 46.4 Å². The van der Waals surface area contributed by atoms with E-state index in [1.54, 1.807) is 7.11 Å². The van der Waals surface area contributed by atoms with Crippen molar-refractivity contribution in [1.82, 2.24) is 14.3 Å². The lowest BCUT2D eigenvalue weighted by Crippen LogP contribution is -2.51. The van der Waals surface area contributed by atoms with Crippen molar-refractivity contribution in [3.05, 3.63) is 0 Å². The Labute approximate surface area is 109 Å². The van der Waals surface area contributed by atoms with Gasteiger partial charge in [-0.05, 0) is 24.7 Å². The molecule has 6 nitrogen and oxygen atoms in total. The first-order chi connectivity index (χ1) is 8.58. The van der Waals surface area contributed by atoms with Crippen molar-refractivity contribution in [3.8, 4) is 0 Å². The Kier molecular flexibility index (Phi) is 4.60. The second kappa shape index (κ2) is 5.83. The monoisotopic (exact) mass is 277 g/mol. The van der Waals surface area contributed by atoms with Gasteiger partial charge in [-0.3, -0.25) is 0 Å². The van der Waals surface area contributed by atoms with Gasteiger partial charge in [0.25, 0.3) is 10.2 Å². The summed E-state index contributed by atoms with van der Waals surface area (Å²) in [5.74, 6) is 0. The lowest BCUT2D eigenvalue weighted by atomic mass is 10.0. The lowest BCUT2D eigenvalue weighted by Gasteiger charge is -2.27. The fourth-order valence-electron chi connectivity index (χ4n) is 2.23. The van der Waals surface area contributed by atoms with E-state index in [4.69, 9.17) is 4.74 Å². The highest BCUT2D eigenvalue weighted by molar-refractivity contribution is 7.87. The van der Waals surface area contributed by atoms with Crippen molar-refractivity contribution in [2.24, 2.45) is 5.41 Å². The van der Waals surface area contributed by atoms with Gasteiger partial charge in [-0.2, -0.15) is 12.7 Å². The van der Waals surface area contributed by atoms with E-state index >= 15 is 0 Å². The van der Waals surface area contributed by atoms with Gasteiger partial charge >= 0.3 is 0 Å². The van der Waals surface area contributed by atoms with Crippen molar-refractivity contribution in [2.45, 2.75) is 19.3 Å². The second-order valence-corrected chi connectivity index (χ2v) is 6.97. The van der Waals surface area contributed by atoms with Gasteiger partial charge in [0.2, 0.25) is 0 Å².